The molecule has 0 bridgehead atoms. The minimum Gasteiger partial charge on any atom is -0.372 e. The Kier molecular flexibility index (Phi) is 9.61. The van der Waals surface area contributed by atoms with E-state index in [9.17, 15) is 8.78 Å². The van der Waals surface area contributed by atoms with Gasteiger partial charge in [0.15, 0.2) is 5.65 Å². The van der Waals surface area contributed by atoms with Crippen LogP contribution in [0, 0.1) is 5.92 Å². The molecule has 0 amide bonds. The normalized spacial score (nSPS) is 24.1. The summed E-state index contributed by atoms with van der Waals surface area (Å²) in [6.07, 6.45) is 13.2. The molecule has 12 heteroatoms. The smallest absolute Gasteiger partial charge is 0.282 e. The second kappa shape index (κ2) is 14.7. The van der Waals surface area contributed by atoms with E-state index in [0.717, 1.165) is 90.2 Å². The maximum Gasteiger partial charge on any atom is 0.282 e. The molecule has 7 heterocycles. The average Bonchev–Trinajstić information content (AvgIpc) is 3.92. The lowest BCUT2D eigenvalue weighted by molar-refractivity contribution is -0.113. The quantitative estimate of drug-likeness (QED) is 0.124. The molecule has 0 radical (unpaired) electrons. The summed E-state index contributed by atoms with van der Waals surface area (Å²) in [5.41, 5.74) is 6.52. The number of aromatic nitrogens is 6. The van der Waals surface area contributed by atoms with Gasteiger partial charge >= 0.3 is 0 Å². The zero-order valence-corrected chi connectivity index (χ0v) is 31.2. The van der Waals surface area contributed by atoms with Crippen molar-refractivity contribution in [3.8, 4) is 11.1 Å². The SMILES string of the molecule is C=CC(CCC(=C)C)c1c[nH]c2c(CN3CCN(CC4CCC(n5cc(-c6cnn7ccc(N8CC9OC[C@H]98)nc67)c(C(F)F)n5)CC4)CC3)cccc12. The number of allylic oxidation sites excluding steroid dienone is 2. The fourth-order valence-electron chi connectivity index (χ4n) is 9.22. The summed E-state index contributed by atoms with van der Waals surface area (Å²) in [6, 6.07) is 9.08. The van der Waals surface area contributed by atoms with Crippen molar-refractivity contribution in [1.82, 2.24) is 39.2 Å². The van der Waals surface area contributed by atoms with Crippen LogP contribution < -0.4 is 4.90 Å². The Balaban J connectivity index is 0.796. The van der Waals surface area contributed by atoms with Crippen molar-refractivity contribution >= 4 is 22.4 Å². The van der Waals surface area contributed by atoms with E-state index in [4.69, 9.17) is 9.72 Å². The van der Waals surface area contributed by atoms with E-state index in [1.807, 2.05) is 18.5 Å². The van der Waals surface area contributed by atoms with Crippen LogP contribution in [0.25, 0.3) is 27.7 Å². The number of benzene rings is 1. The fraction of sp³-hybridized carbons (Fsp3) is 0.500. The summed E-state index contributed by atoms with van der Waals surface area (Å²) in [4.78, 5) is 15.9. The van der Waals surface area contributed by atoms with E-state index in [0.29, 0.717) is 41.3 Å². The highest BCUT2D eigenvalue weighted by Gasteiger charge is 2.48. The van der Waals surface area contributed by atoms with Crippen LogP contribution in [0.2, 0.25) is 0 Å². The standard InChI is InChI=1S/C42H51F2N9O/c1-4-29(11-8-27(2)3)33-20-45-39-30(6-5-7-32(33)39)23-50-18-16-49(17-19-50)22-28-9-12-31(13-10-28)53-24-35(40(48-53)41(43)44)34-21-46-52-15-14-38(47-42(34)52)51-25-37-36(51)26-54-37/h4-7,14-15,20-21,24,28-29,31,36-37,41,45H,1-2,8-13,16-19,22-23,25-26H2,3H3/t28?,29?,31?,36-,37?/m1/s1. The maximum absolute atomic E-state index is 14.4. The van der Waals surface area contributed by atoms with Crippen LogP contribution in [0.15, 0.2) is 73.9 Å². The van der Waals surface area contributed by atoms with Gasteiger partial charge in [0.05, 0.1) is 42.1 Å². The highest BCUT2D eigenvalue weighted by molar-refractivity contribution is 5.87. The van der Waals surface area contributed by atoms with Crippen LogP contribution in [-0.2, 0) is 11.3 Å². The van der Waals surface area contributed by atoms with E-state index in [1.165, 1.54) is 27.6 Å². The minimum atomic E-state index is -2.69. The third-order valence-corrected chi connectivity index (χ3v) is 12.6. The molecule has 284 valence electrons. The number of piperazine rings is 1. The molecule has 4 fully saturated rings. The van der Waals surface area contributed by atoms with Crippen molar-refractivity contribution in [3.63, 3.8) is 0 Å². The largest absolute Gasteiger partial charge is 0.372 e. The molecule has 1 aliphatic carbocycles. The number of aromatic amines is 1. The first kappa shape index (κ1) is 35.3. The number of morpholine rings is 1. The predicted octanol–water partition coefficient (Wildman–Crippen LogP) is 7.77. The predicted molar refractivity (Wildman–Crippen MR) is 208 cm³/mol. The molecule has 1 N–H and O–H groups in total. The topological polar surface area (TPSA) is 82.8 Å². The van der Waals surface area contributed by atoms with Gasteiger partial charge in [-0.3, -0.25) is 9.58 Å². The van der Waals surface area contributed by atoms with Crippen LogP contribution in [0.5, 0.6) is 0 Å². The average molecular weight is 736 g/mol. The summed E-state index contributed by atoms with van der Waals surface area (Å²) < 4.78 is 37.9. The Morgan fingerprint density at radius 2 is 1.89 bits per heavy atom. The second-order valence-corrected chi connectivity index (χ2v) is 16.1. The van der Waals surface area contributed by atoms with E-state index in [1.54, 1.807) is 15.4 Å². The Morgan fingerprint density at radius 1 is 1.07 bits per heavy atom. The highest BCUT2D eigenvalue weighted by atomic mass is 19.3. The number of rotatable bonds is 13. The molecular formula is C42H51F2N9O. The van der Waals surface area contributed by atoms with Crippen LogP contribution in [0.4, 0.5) is 14.6 Å². The molecule has 4 aliphatic rings. The van der Waals surface area contributed by atoms with E-state index >= 15 is 0 Å². The molecule has 10 nitrogen and oxygen atoms in total. The lowest BCUT2D eigenvalue weighted by atomic mass is 9.85. The molecule has 2 unspecified atom stereocenters. The third-order valence-electron chi connectivity index (χ3n) is 12.6. The lowest BCUT2D eigenvalue weighted by Gasteiger charge is -2.55. The first-order chi connectivity index (χ1) is 26.3. The third kappa shape index (κ3) is 6.66. The van der Waals surface area contributed by atoms with Crippen LogP contribution in [0.3, 0.4) is 0 Å². The summed E-state index contributed by atoms with van der Waals surface area (Å²) in [5.74, 6) is 1.75. The van der Waals surface area contributed by atoms with Gasteiger partial charge in [0.25, 0.3) is 6.43 Å². The zero-order valence-electron chi connectivity index (χ0n) is 31.2. The van der Waals surface area contributed by atoms with E-state index < -0.39 is 6.43 Å². The van der Waals surface area contributed by atoms with E-state index in [2.05, 4.69) is 80.4 Å². The van der Waals surface area contributed by atoms with Gasteiger partial charge in [-0.1, -0.05) is 29.8 Å². The van der Waals surface area contributed by atoms with Crippen molar-refractivity contribution in [3.05, 3.63) is 90.7 Å². The number of para-hydroxylation sites is 1. The van der Waals surface area contributed by atoms with Crippen LogP contribution >= 0.6 is 0 Å². The number of halogens is 2. The highest BCUT2D eigenvalue weighted by Crippen LogP contribution is 2.39. The monoisotopic (exact) mass is 735 g/mol. The number of anilines is 1. The number of nitrogens with zero attached hydrogens (tertiary/aromatic N) is 8. The van der Waals surface area contributed by atoms with Crippen LogP contribution in [0.1, 0.15) is 80.7 Å². The first-order valence-corrected chi connectivity index (χ1v) is 19.7. The molecule has 1 saturated carbocycles. The number of H-pyrrole nitrogens is 1. The van der Waals surface area contributed by atoms with Crippen molar-refractivity contribution in [2.24, 2.45) is 5.92 Å². The second-order valence-electron chi connectivity index (χ2n) is 16.1. The minimum absolute atomic E-state index is 0.107. The summed E-state index contributed by atoms with van der Waals surface area (Å²) >= 11 is 0. The number of alkyl halides is 2. The maximum atomic E-state index is 14.4. The molecular weight excluding hydrogens is 685 g/mol. The Morgan fingerprint density at radius 3 is 2.59 bits per heavy atom. The van der Waals surface area contributed by atoms with Gasteiger partial charge in [-0.05, 0) is 68.6 Å². The number of ether oxygens (including phenoxy) is 1. The Labute approximate surface area is 315 Å². The fourth-order valence-corrected chi connectivity index (χ4v) is 9.22. The van der Waals surface area contributed by atoms with Crippen molar-refractivity contribution < 1.29 is 13.5 Å². The van der Waals surface area contributed by atoms with Gasteiger partial charge in [0.2, 0.25) is 0 Å². The van der Waals surface area contributed by atoms with Crippen molar-refractivity contribution in [1.29, 1.82) is 0 Å². The summed E-state index contributed by atoms with van der Waals surface area (Å²) in [6.45, 7) is 18.1. The van der Waals surface area contributed by atoms with Gasteiger partial charge in [0.1, 0.15) is 11.5 Å². The van der Waals surface area contributed by atoms with Gasteiger partial charge in [-0.15, -0.1) is 13.2 Å². The van der Waals surface area contributed by atoms with Gasteiger partial charge in [0, 0.05) is 81.3 Å². The lowest BCUT2D eigenvalue weighted by Crippen LogP contribution is -2.71. The number of hydrogen-bond acceptors (Lipinski definition) is 7. The molecule has 54 heavy (non-hydrogen) atoms. The van der Waals surface area contributed by atoms with E-state index in [-0.39, 0.29) is 17.8 Å². The van der Waals surface area contributed by atoms with Crippen molar-refractivity contribution in [2.45, 2.75) is 82.5 Å². The van der Waals surface area contributed by atoms with Gasteiger partial charge in [-0.25, -0.2) is 18.3 Å². The molecule has 1 aromatic carbocycles. The number of nitrogens with one attached hydrogen (secondary N) is 1. The molecule has 4 aromatic heterocycles. The van der Waals surface area contributed by atoms with Crippen LogP contribution in [-0.4, -0.2) is 97.2 Å². The Hall–Kier alpha value is -4.39. The molecule has 0 spiro atoms. The summed E-state index contributed by atoms with van der Waals surface area (Å²) in [5, 5.41) is 10.2. The number of hydrogen-bond donors (Lipinski definition) is 1. The first-order valence-electron chi connectivity index (χ1n) is 19.7. The number of fused-ring (bicyclic) bond motifs is 3. The van der Waals surface area contributed by atoms with Gasteiger partial charge < -0.3 is 19.5 Å². The Bertz CT molecular complexity index is 2140. The molecule has 9 rings (SSSR count). The summed E-state index contributed by atoms with van der Waals surface area (Å²) in [7, 11) is 0. The zero-order chi connectivity index (χ0) is 36.9. The van der Waals surface area contributed by atoms with Gasteiger partial charge in [-0.2, -0.15) is 10.2 Å². The molecule has 3 atom stereocenters. The molecule has 3 aliphatic heterocycles. The molecule has 3 saturated heterocycles. The van der Waals surface area contributed by atoms with Crippen molar-refractivity contribution in [2.75, 3.05) is 50.8 Å². The molecule has 5 aromatic rings.